The highest BCUT2D eigenvalue weighted by Crippen LogP contribution is 2.39. The Morgan fingerprint density at radius 1 is 1.14 bits per heavy atom. The van der Waals surface area contributed by atoms with Crippen molar-refractivity contribution in [1.29, 1.82) is 0 Å². The molecule has 1 atom stereocenters. The molecule has 1 heterocycles. The molecule has 0 bridgehead atoms. The Labute approximate surface area is 112 Å². The fourth-order valence-corrected chi connectivity index (χ4v) is 1.45. The average molecular weight is 312 g/mol. The van der Waals surface area contributed by atoms with Crippen LogP contribution in [0.15, 0.2) is 29.1 Å². The quantitative estimate of drug-likeness (QED) is 0.887. The molecule has 2 rings (SSSR count). The van der Waals surface area contributed by atoms with E-state index >= 15 is 0 Å². The van der Waals surface area contributed by atoms with E-state index in [1.807, 2.05) is 4.98 Å². The summed E-state index contributed by atoms with van der Waals surface area (Å²) >= 11 is 0. The summed E-state index contributed by atoms with van der Waals surface area (Å²) in [6.07, 6.45) is -10.6. The number of hydrogen-bond acceptors (Lipinski definition) is 3. The molecule has 0 aliphatic heterocycles. The van der Waals surface area contributed by atoms with E-state index in [0.29, 0.717) is 0 Å². The molecule has 1 unspecified atom stereocenters. The van der Waals surface area contributed by atoms with Crippen molar-refractivity contribution < 1.29 is 31.1 Å². The Morgan fingerprint density at radius 3 is 2.33 bits per heavy atom. The van der Waals surface area contributed by atoms with Gasteiger partial charge in [-0.15, -0.1) is 0 Å². The minimum atomic E-state index is -6.04. The molecule has 1 aromatic heterocycles. The molecule has 2 aromatic rings. The van der Waals surface area contributed by atoms with Gasteiger partial charge in [-0.3, -0.25) is 4.79 Å². The average Bonchev–Trinajstić information content (AvgIpc) is 2.38. The van der Waals surface area contributed by atoms with Gasteiger partial charge in [-0.05, 0) is 12.1 Å². The lowest BCUT2D eigenvalue weighted by molar-refractivity contribution is -0.341. The fraction of sp³-hybridized carbons (Fsp3) is 0.273. The number of H-pyrrole nitrogens is 1. The number of rotatable bonds is 3. The lowest BCUT2D eigenvalue weighted by Crippen LogP contribution is -2.53. The molecule has 0 spiro atoms. The lowest BCUT2D eigenvalue weighted by atomic mass is 10.3. The second-order valence-corrected chi connectivity index (χ2v) is 3.93. The number of benzene rings is 1. The molecule has 114 valence electrons. The zero-order chi connectivity index (χ0) is 15.8. The van der Waals surface area contributed by atoms with Crippen LogP contribution in [-0.2, 0) is 0 Å². The molecule has 0 aliphatic rings. The number of aromatic amines is 1. The maximum absolute atomic E-state index is 13.4. The van der Waals surface area contributed by atoms with Gasteiger partial charge in [0.1, 0.15) is 0 Å². The number of halogens is 6. The summed E-state index contributed by atoms with van der Waals surface area (Å²) in [5.41, 5.74) is -1.28. The summed E-state index contributed by atoms with van der Waals surface area (Å²) in [6, 6.07) is 5.56. The van der Waals surface area contributed by atoms with Crippen molar-refractivity contribution in [1.82, 2.24) is 9.97 Å². The Kier molecular flexibility index (Phi) is 3.56. The van der Waals surface area contributed by atoms with Crippen molar-refractivity contribution >= 4 is 11.0 Å². The molecule has 10 heteroatoms. The molecule has 1 N–H and O–H groups in total. The van der Waals surface area contributed by atoms with Crippen LogP contribution in [0.1, 0.15) is 0 Å². The van der Waals surface area contributed by atoms with E-state index in [0.717, 1.165) is 0 Å². The van der Waals surface area contributed by atoms with Crippen molar-refractivity contribution in [2.24, 2.45) is 0 Å². The third kappa shape index (κ3) is 2.65. The molecule has 0 aliphatic carbocycles. The first-order chi connectivity index (χ1) is 9.65. The van der Waals surface area contributed by atoms with E-state index in [1.54, 1.807) is 0 Å². The summed E-state index contributed by atoms with van der Waals surface area (Å²) in [4.78, 5) is 16.8. The monoisotopic (exact) mass is 312 g/mol. The van der Waals surface area contributed by atoms with Crippen molar-refractivity contribution in [3.05, 3.63) is 34.6 Å². The molecule has 21 heavy (non-hydrogen) atoms. The Morgan fingerprint density at radius 2 is 1.76 bits per heavy atom. The van der Waals surface area contributed by atoms with Crippen LogP contribution in [0.4, 0.5) is 26.3 Å². The second kappa shape index (κ2) is 4.93. The topological polar surface area (TPSA) is 55.0 Å². The van der Waals surface area contributed by atoms with Gasteiger partial charge >= 0.3 is 24.0 Å². The van der Waals surface area contributed by atoms with Crippen LogP contribution in [0.25, 0.3) is 11.0 Å². The first-order valence-corrected chi connectivity index (χ1v) is 5.37. The van der Waals surface area contributed by atoms with Crippen LogP contribution in [0, 0.1) is 0 Å². The van der Waals surface area contributed by atoms with Gasteiger partial charge in [-0.25, -0.2) is 13.8 Å². The normalized spacial score (nSPS) is 15.2. The van der Waals surface area contributed by atoms with Crippen molar-refractivity contribution in [2.75, 3.05) is 0 Å². The Balaban J connectivity index is 2.52. The van der Waals surface area contributed by atoms with Crippen molar-refractivity contribution in [3.8, 4) is 5.88 Å². The van der Waals surface area contributed by atoms with E-state index in [-0.39, 0.29) is 11.0 Å². The number of nitrogens with zero attached hydrogens (tertiary/aromatic N) is 1. The first kappa shape index (κ1) is 15.1. The highest BCUT2D eigenvalue weighted by atomic mass is 19.4. The zero-order valence-corrected chi connectivity index (χ0v) is 9.92. The number of hydrogen-bond donors (Lipinski definition) is 1. The molecular weight excluding hydrogens is 306 g/mol. The zero-order valence-electron chi connectivity index (χ0n) is 9.92. The third-order valence-corrected chi connectivity index (χ3v) is 2.48. The van der Waals surface area contributed by atoms with Crippen molar-refractivity contribution in [2.45, 2.75) is 18.5 Å². The smallest absolute Gasteiger partial charge is 0.424 e. The van der Waals surface area contributed by atoms with Crippen LogP contribution in [0.3, 0.4) is 0 Å². The van der Waals surface area contributed by atoms with E-state index in [4.69, 9.17) is 0 Å². The molecule has 0 saturated heterocycles. The number of ether oxygens (including phenoxy) is 1. The van der Waals surface area contributed by atoms with E-state index in [2.05, 4.69) is 9.72 Å². The van der Waals surface area contributed by atoms with Crippen molar-refractivity contribution in [3.63, 3.8) is 0 Å². The van der Waals surface area contributed by atoms with E-state index in [9.17, 15) is 31.1 Å². The molecular formula is C11H6F6N2O2. The van der Waals surface area contributed by atoms with Crippen LogP contribution in [0.5, 0.6) is 5.88 Å². The molecule has 0 amide bonds. The Hall–Kier alpha value is -2.26. The number of alkyl halides is 6. The summed E-state index contributed by atoms with van der Waals surface area (Å²) in [5, 5.41) is 0. The predicted octanol–water partition coefficient (Wildman–Crippen LogP) is 2.80. The fourth-order valence-electron chi connectivity index (χ4n) is 1.45. The number of nitrogens with one attached hydrogen (secondary N) is 1. The maximum atomic E-state index is 13.4. The minimum Gasteiger partial charge on any atom is -0.424 e. The molecule has 4 nitrogen and oxygen atoms in total. The van der Waals surface area contributed by atoms with Gasteiger partial charge in [0.15, 0.2) is 0 Å². The third-order valence-electron chi connectivity index (χ3n) is 2.48. The van der Waals surface area contributed by atoms with Gasteiger partial charge in [-0.2, -0.15) is 17.6 Å². The summed E-state index contributed by atoms with van der Waals surface area (Å²) in [6.45, 7) is 0. The standard InChI is InChI=1S/C11H6F6N2O2/c12-9(13)10(14,11(15,16)17)21-8-7(20)18-5-3-1-2-4-6(5)19-8/h1-4,9H,(H,18,20). The van der Waals surface area contributed by atoms with Gasteiger partial charge < -0.3 is 9.72 Å². The van der Waals surface area contributed by atoms with E-state index in [1.165, 1.54) is 24.3 Å². The van der Waals surface area contributed by atoms with Gasteiger partial charge in [0.05, 0.1) is 11.0 Å². The lowest BCUT2D eigenvalue weighted by Gasteiger charge is -2.26. The SMILES string of the molecule is O=c1[nH]c2ccccc2nc1OC(F)(C(F)F)C(F)(F)F. The van der Waals surface area contributed by atoms with Crippen LogP contribution >= 0.6 is 0 Å². The van der Waals surface area contributed by atoms with E-state index < -0.39 is 29.9 Å². The Bertz CT molecular complexity index is 714. The van der Waals surface area contributed by atoms with Gasteiger partial charge in [0.2, 0.25) is 0 Å². The summed E-state index contributed by atoms with van der Waals surface area (Å²) in [5.74, 6) is -6.76. The van der Waals surface area contributed by atoms with Gasteiger partial charge in [0.25, 0.3) is 5.88 Å². The second-order valence-electron chi connectivity index (χ2n) is 3.93. The first-order valence-electron chi connectivity index (χ1n) is 5.37. The molecule has 1 aromatic carbocycles. The number of para-hydroxylation sites is 2. The molecule has 0 radical (unpaired) electrons. The molecule has 0 fully saturated rings. The number of aromatic nitrogens is 2. The maximum Gasteiger partial charge on any atom is 0.466 e. The van der Waals surface area contributed by atoms with Crippen LogP contribution in [-0.4, -0.2) is 28.4 Å². The van der Waals surface area contributed by atoms with Crippen LogP contribution < -0.4 is 10.3 Å². The summed E-state index contributed by atoms with van der Waals surface area (Å²) < 4.78 is 78.8. The van der Waals surface area contributed by atoms with Gasteiger partial charge in [0, 0.05) is 0 Å². The number of fused-ring (bicyclic) bond motifs is 1. The highest BCUT2D eigenvalue weighted by Gasteiger charge is 2.66. The predicted molar refractivity (Wildman–Crippen MR) is 58.9 cm³/mol. The largest absolute Gasteiger partial charge is 0.466 e. The minimum absolute atomic E-state index is 0.0501. The highest BCUT2D eigenvalue weighted by molar-refractivity contribution is 5.73. The summed E-state index contributed by atoms with van der Waals surface area (Å²) in [7, 11) is 0. The van der Waals surface area contributed by atoms with Crippen LogP contribution in [0.2, 0.25) is 0 Å². The molecule has 0 saturated carbocycles. The van der Waals surface area contributed by atoms with Gasteiger partial charge in [-0.1, -0.05) is 12.1 Å².